The summed E-state index contributed by atoms with van der Waals surface area (Å²) in [6, 6.07) is 49.7. The van der Waals surface area contributed by atoms with Crippen molar-refractivity contribution in [2.75, 3.05) is 28.4 Å². The zero-order valence-electron chi connectivity index (χ0n) is 45.9. The molecule has 0 aliphatic carbocycles. The van der Waals surface area contributed by atoms with Crippen LogP contribution in [0.1, 0.15) is 55.6 Å². The number of pyridine rings is 1. The van der Waals surface area contributed by atoms with E-state index in [1.165, 1.54) is 52.1 Å². The first-order chi connectivity index (χ1) is 35.7. The Bertz CT molecular complexity index is 3080. The second-order valence-corrected chi connectivity index (χ2v) is 17.2. The van der Waals surface area contributed by atoms with Crippen LogP contribution in [0, 0.1) is 75.1 Å². The number of hydrogen-bond acceptors (Lipinski definition) is 10. The number of hydrogen-bond donors (Lipinski definition) is 3. The Labute approximate surface area is 443 Å². The molecule has 7 aromatic carbocycles. The van der Waals surface area contributed by atoms with Gasteiger partial charge in [-0.3, -0.25) is 4.98 Å². The van der Waals surface area contributed by atoms with Crippen LogP contribution < -0.4 is 24.6 Å². The van der Waals surface area contributed by atoms with Crippen LogP contribution in [0.2, 0.25) is 0 Å². The maximum absolute atomic E-state index is 12.4. The molecule has 9 rings (SSSR count). The predicted octanol–water partition coefficient (Wildman–Crippen LogP) is 15.4. The van der Waals surface area contributed by atoms with E-state index in [0.717, 1.165) is 50.6 Å². The molecule has 0 bridgehead atoms. The van der Waals surface area contributed by atoms with Gasteiger partial charge in [-0.1, -0.05) is 90.0 Å². The summed E-state index contributed by atoms with van der Waals surface area (Å²) in [5.74, 6) is 3.80. The number of ether oxygens (including phenoxy) is 4. The quantitative estimate of drug-likeness (QED) is 0.146. The van der Waals surface area contributed by atoms with Crippen LogP contribution in [-0.2, 0) is 0 Å². The van der Waals surface area contributed by atoms with Crippen molar-refractivity contribution in [3.05, 3.63) is 248 Å². The SMILES string of the molecule is COc1cc(C)ccc1C.COc1ccc(F)cc1C.COc1ccc(OC)c(C)c1.Cc1cc2ccccc2oc1=O.Cc1ccc(C)cc1.Cc1ccc(O)cc1O.Cc1cccc(O)c1.Cc1cccnc1. The zero-order chi connectivity index (χ0) is 55.9. The summed E-state index contributed by atoms with van der Waals surface area (Å²) in [4.78, 5) is 15.0. The van der Waals surface area contributed by atoms with Crippen LogP contribution in [0.25, 0.3) is 11.0 Å². The fourth-order valence-electron chi connectivity index (χ4n) is 6.22. The van der Waals surface area contributed by atoms with Gasteiger partial charge in [0.1, 0.15) is 51.6 Å². The minimum absolute atomic E-state index is 0.0955. The molecule has 0 saturated carbocycles. The largest absolute Gasteiger partial charge is 0.508 e. The number of benzene rings is 7. The minimum atomic E-state index is -0.256. The van der Waals surface area contributed by atoms with Crippen molar-refractivity contribution in [1.29, 1.82) is 0 Å². The first-order valence-corrected chi connectivity index (χ1v) is 23.9. The lowest BCUT2D eigenvalue weighted by atomic mass is 10.1. The molecule has 3 N–H and O–H groups in total. The van der Waals surface area contributed by atoms with E-state index in [4.69, 9.17) is 38.7 Å². The smallest absolute Gasteiger partial charge is 0.339 e. The molecular formula is C64H74FNO9. The van der Waals surface area contributed by atoms with Crippen LogP contribution >= 0.6 is 0 Å². The van der Waals surface area contributed by atoms with Gasteiger partial charge >= 0.3 is 5.63 Å². The van der Waals surface area contributed by atoms with Gasteiger partial charge in [0.25, 0.3) is 0 Å². The lowest BCUT2D eigenvalue weighted by molar-refractivity contribution is 0.400. The van der Waals surface area contributed by atoms with Crippen LogP contribution in [0.3, 0.4) is 0 Å². The highest BCUT2D eigenvalue weighted by molar-refractivity contribution is 5.76. The molecule has 0 atom stereocenters. The Morgan fingerprint density at radius 2 is 0.973 bits per heavy atom. The number of aryl methyl sites for hydroxylation is 10. The maximum atomic E-state index is 12.4. The summed E-state index contributed by atoms with van der Waals surface area (Å²) >= 11 is 0. The van der Waals surface area contributed by atoms with Gasteiger partial charge in [-0.2, -0.15) is 0 Å². The van der Waals surface area contributed by atoms with Crippen molar-refractivity contribution in [2.24, 2.45) is 0 Å². The van der Waals surface area contributed by atoms with E-state index in [1.807, 2.05) is 114 Å². The standard InChI is InChI=1S/C10H8O2.C9H12O2.C9H12O.C8H9FO.C8H10.C7H8O2.C7H8O.C6H7N/c1-7-6-8-4-2-3-5-9(8)12-10(7)11;1-7-6-8(10-2)4-5-9(7)11-3;1-7-4-5-8(2)9(6-7)10-3;1-6-5-7(9)3-4-8(6)10-2;1-7-3-5-8(2)6-4-7;1-5-2-3-6(8)4-7(5)9;1-6-3-2-4-7(8)5-6;1-6-3-2-4-7-5-6/h2-6H,1H3;4-6H,1-3H3;4-6H,1-3H3;3-5H,1-2H3;3-6H,1-2H3;2-4,8-9H,1H3;2-5,8H,1H3;2-5H,1H3. The van der Waals surface area contributed by atoms with Gasteiger partial charge in [0.15, 0.2) is 0 Å². The van der Waals surface area contributed by atoms with Crippen molar-refractivity contribution in [2.45, 2.75) is 69.2 Å². The minimum Gasteiger partial charge on any atom is -0.508 e. The summed E-state index contributed by atoms with van der Waals surface area (Å²) in [7, 11) is 6.58. The highest BCUT2D eigenvalue weighted by Gasteiger charge is 2.01. The van der Waals surface area contributed by atoms with Crippen LogP contribution in [0.5, 0.6) is 40.2 Å². The Kier molecular flexibility index (Phi) is 28.3. The van der Waals surface area contributed by atoms with Gasteiger partial charge in [0, 0.05) is 29.4 Å². The zero-order valence-corrected chi connectivity index (χ0v) is 45.9. The molecule has 0 spiro atoms. The third kappa shape index (κ3) is 25.1. The van der Waals surface area contributed by atoms with Gasteiger partial charge in [-0.25, -0.2) is 9.18 Å². The Hall–Kier alpha value is -8.57. The molecule has 10 nitrogen and oxygen atoms in total. The topological polar surface area (TPSA) is 141 Å². The van der Waals surface area contributed by atoms with Crippen molar-refractivity contribution < 1.29 is 43.1 Å². The fourth-order valence-corrected chi connectivity index (χ4v) is 6.22. The molecular weight excluding hydrogens is 946 g/mol. The molecule has 0 saturated heterocycles. The summed E-state index contributed by atoms with van der Waals surface area (Å²) in [6.07, 6.45) is 3.60. The number of phenolic OH excluding ortho intramolecular Hbond substituents is 3. The number of para-hydroxylation sites is 1. The molecule has 0 radical (unpaired) electrons. The number of phenols is 3. The maximum Gasteiger partial charge on any atom is 0.339 e. The number of rotatable bonds is 4. The first kappa shape index (κ1) is 62.5. The third-order valence-corrected chi connectivity index (χ3v) is 10.6. The van der Waals surface area contributed by atoms with E-state index in [9.17, 15) is 9.18 Å². The Morgan fingerprint density at radius 1 is 0.427 bits per heavy atom. The third-order valence-electron chi connectivity index (χ3n) is 10.6. The van der Waals surface area contributed by atoms with E-state index in [2.05, 4.69) is 62.2 Å². The highest BCUT2D eigenvalue weighted by Crippen LogP contribution is 2.23. The Morgan fingerprint density at radius 3 is 1.44 bits per heavy atom. The Balaban J connectivity index is 0.000000295. The van der Waals surface area contributed by atoms with E-state index in [-0.39, 0.29) is 22.9 Å². The average molecular weight is 1020 g/mol. The lowest BCUT2D eigenvalue weighted by Gasteiger charge is -2.05. The second kappa shape index (κ2) is 34.0. The monoisotopic (exact) mass is 1020 g/mol. The summed E-state index contributed by atoms with van der Waals surface area (Å²) < 4.78 is 37.7. The molecule has 11 heteroatoms. The van der Waals surface area contributed by atoms with E-state index < -0.39 is 0 Å². The molecule has 0 aliphatic rings. The van der Waals surface area contributed by atoms with Gasteiger partial charge in [0.2, 0.25) is 0 Å². The van der Waals surface area contributed by atoms with Crippen molar-refractivity contribution >= 4 is 11.0 Å². The molecule has 2 aromatic heterocycles. The second-order valence-electron chi connectivity index (χ2n) is 17.2. The molecule has 2 heterocycles. The van der Waals surface area contributed by atoms with Crippen LogP contribution in [0.15, 0.2) is 185 Å². The number of halogens is 1. The van der Waals surface area contributed by atoms with Gasteiger partial charge < -0.3 is 38.7 Å². The van der Waals surface area contributed by atoms with E-state index in [1.54, 1.807) is 78.8 Å². The summed E-state index contributed by atoms with van der Waals surface area (Å²) in [5, 5.41) is 27.5. The fraction of sp³-hybridized carbons (Fsp3) is 0.219. The molecule has 396 valence electrons. The summed E-state index contributed by atoms with van der Waals surface area (Å²) in [5.41, 5.74) is 11.1. The summed E-state index contributed by atoms with van der Waals surface area (Å²) in [6.45, 7) is 19.6. The normalized spacial score (nSPS) is 9.48. The van der Waals surface area contributed by atoms with Gasteiger partial charge in [-0.15, -0.1) is 0 Å². The van der Waals surface area contributed by atoms with E-state index in [0.29, 0.717) is 16.9 Å². The van der Waals surface area contributed by atoms with Gasteiger partial charge in [-0.05, 0) is 187 Å². The van der Waals surface area contributed by atoms with Crippen LogP contribution in [0.4, 0.5) is 4.39 Å². The predicted molar refractivity (Wildman–Crippen MR) is 304 cm³/mol. The van der Waals surface area contributed by atoms with E-state index >= 15 is 0 Å². The van der Waals surface area contributed by atoms with Crippen molar-refractivity contribution in [3.63, 3.8) is 0 Å². The molecule has 9 aromatic rings. The number of aromatic nitrogens is 1. The highest BCUT2D eigenvalue weighted by atomic mass is 19.1. The van der Waals surface area contributed by atoms with Crippen LogP contribution in [-0.4, -0.2) is 48.7 Å². The number of aromatic hydroxyl groups is 3. The number of fused-ring (bicyclic) bond motifs is 1. The number of methoxy groups -OCH3 is 4. The molecule has 0 fully saturated rings. The molecule has 0 amide bonds. The van der Waals surface area contributed by atoms with Crippen molar-refractivity contribution in [1.82, 2.24) is 4.98 Å². The first-order valence-electron chi connectivity index (χ1n) is 23.9. The lowest BCUT2D eigenvalue weighted by Crippen LogP contribution is -2.01. The number of nitrogens with zero attached hydrogens (tertiary/aromatic N) is 1. The molecule has 0 unspecified atom stereocenters. The average Bonchev–Trinajstić information content (AvgIpc) is 3.38. The van der Waals surface area contributed by atoms with Gasteiger partial charge in [0.05, 0.1) is 28.4 Å². The van der Waals surface area contributed by atoms with Crippen molar-refractivity contribution in [3.8, 4) is 40.2 Å². The molecule has 75 heavy (non-hydrogen) atoms. The molecule has 0 aliphatic heterocycles.